The Balaban J connectivity index is 1.44. The number of hydrogen-bond acceptors (Lipinski definition) is 7. The zero-order valence-corrected chi connectivity index (χ0v) is 17.6. The molecule has 1 aliphatic carbocycles. The van der Waals surface area contributed by atoms with Crippen molar-refractivity contribution in [3.8, 4) is 11.8 Å². The summed E-state index contributed by atoms with van der Waals surface area (Å²) in [6.45, 7) is 3.23. The second-order valence-corrected chi connectivity index (χ2v) is 8.34. The molecule has 1 aromatic rings. The maximum atomic E-state index is 13.0. The van der Waals surface area contributed by atoms with Crippen molar-refractivity contribution in [1.29, 1.82) is 5.26 Å². The Morgan fingerprint density at radius 1 is 1.52 bits per heavy atom. The van der Waals surface area contributed by atoms with Gasteiger partial charge in [-0.25, -0.2) is 4.99 Å². The van der Waals surface area contributed by atoms with Crippen LogP contribution in [0.25, 0.3) is 0 Å². The lowest BCUT2D eigenvalue weighted by atomic mass is 9.94. The highest BCUT2D eigenvalue weighted by Crippen LogP contribution is 2.33. The number of aliphatic hydroxyl groups is 1. The average Bonchev–Trinajstić information content (AvgIpc) is 2.76. The van der Waals surface area contributed by atoms with Crippen LogP contribution in [0.4, 0.5) is 5.69 Å². The molecule has 8 nitrogen and oxygen atoms in total. The third-order valence-corrected chi connectivity index (χ3v) is 5.81. The number of rotatable bonds is 4. The number of amidine groups is 1. The second-order valence-electron chi connectivity index (χ2n) is 8.34. The largest absolute Gasteiger partial charge is 0.492 e. The molecule has 1 fully saturated rings. The van der Waals surface area contributed by atoms with E-state index in [-0.39, 0.29) is 17.7 Å². The van der Waals surface area contributed by atoms with E-state index in [1.54, 1.807) is 6.08 Å². The van der Waals surface area contributed by atoms with Crippen molar-refractivity contribution in [2.24, 2.45) is 16.6 Å². The number of allylic oxidation sites excluding steroid dienone is 2. The molecule has 0 bridgehead atoms. The highest BCUT2D eigenvalue weighted by molar-refractivity contribution is 6.06. The minimum atomic E-state index is -1.45. The molecule has 4 rings (SSSR count). The molecule has 2 heterocycles. The quantitative estimate of drug-likeness (QED) is 0.685. The van der Waals surface area contributed by atoms with E-state index in [1.165, 1.54) is 6.92 Å². The van der Waals surface area contributed by atoms with Gasteiger partial charge in [0.15, 0.2) is 0 Å². The molecule has 4 N–H and O–H groups in total. The predicted octanol–water partition coefficient (Wildman–Crippen LogP) is 2.27. The van der Waals surface area contributed by atoms with E-state index in [4.69, 9.17) is 10.5 Å². The van der Waals surface area contributed by atoms with Crippen LogP contribution >= 0.6 is 0 Å². The topological polar surface area (TPSA) is 124 Å². The summed E-state index contributed by atoms with van der Waals surface area (Å²) in [5, 5.41) is 22.4. The van der Waals surface area contributed by atoms with E-state index >= 15 is 0 Å². The fourth-order valence-electron chi connectivity index (χ4n) is 4.34. The minimum absolute atomic E-state index is 0.0721. The Morgan fingerprint density at radius 3 is 3.16 bits per heavy atom. The molecule has 2 aliphatic heterocycles. The number of nitriles is 1. The molecule has 0 radical (unpaired) electrons. The summed E-state index contributed by atoms with van der Waals surface area (Å²) in [5.74, 6) is -0.545. The zero-order valence-electron chi connectivity index (χ0n) is 17.6. The number of nitrogens with zero attached hydrogens (tertiary/aromatic N) is 3. The third-order valence-electron chi connectivity index (χ3n) is 5.81. The van der Waals surface area contributed by atoms with Crippen molar-refractivity contribution >= 4 is 17.4 Å². The van der Waals surface area contributed by atoms with Gasteiger partial charge in [-0.2, -0.15) is 5.26 Å². The molecular weight excluding hydrogens is 394 g/mol. The van der Waals surface area contributed by atoms with E-state index in [0.29, 0.717) is 54.3 Å². The second kappa shape index (κ2) is 8.44. The number of carbonyl (C=O) groups excluding carboxylic acids is 1. The van der Waals surface area contributed by atoms with Crippen LogP contribution in [-0.4, -0.2) is 47.3 Å². The first-order valence-electron chi connectivity index (χ1n) is 10.6. The number of ether oxygens (including phenoxy) is 1. The van der Waals surface area contributed by atoms with Crippen LogP contribution in [0.1, 0.15) is 38.2 Å². The van der Waals surface area contributed by atoms with Gasteiger partial charge in [-0.05, 0) is 37.8 Å². The maximum Gasteiger partial charge on any atom is 0.254 e. The molecule has 1 unspecified atom stereocenters. The summed E-state index contributed by atoms with van der Waals surface area (Å²) in [5.41, 5.74) is 8.47. The fraction of sp³-hybridized carbons (Fsp3) is 0.435. The van der Waals surface area contributed by atoms with Crippen molar-refractivity contribution in [3.63, 3.8) is 0 Å². The Labute approximate surface area is 181 Å². The molecule has 1 aromatic carbocycles. The SMILES string of the molecule is CC1(O)N=C(N)c2c(cccc2OC[C@H]2CCCN(C(=O)C3=C(C#N)CCC=C3)C2)N1. The predicted molar refractivity (Wildman–Crippen MR) is 117 cm³/mol. The Bertz CT molecular complexity index is 1020. The van der Waals surface area contributed by atoms with Gasteiger partial charge in [0.1, 0.15) is 11.6 Å². The molecule has 0 spiro atoms. The van der Waals surface area contributed by atoms with Crippen molar-refractivity contribution in [2.45, 2.75) is 38.5 Å². The van der Waals surface area contributed by atoms with Gasteiger partial charge in [-0.15, -0.1) is 0 Å². The van der Waals surface area contributed by atoms with Crippen LogP contribution in [0.5, 0.6) is 5.75 Å². The molecular formula is C23H27N5O3. The van der Waals surface area contributed by atoms with Crippen molar-refractivity contribution < 1.29 is 14.6 Å². The number of anilines is 1. The number of nitrogens with two attached hydrogens (primary N) is 1. The first-order chi connectivity index (χ1) is 14.9. The number of carbonyl (C=O) groups is 1. The summed E-state index contributed by atoms with van der Waals surface area (Å²) in [6, 6.07) is 7.65. The molecule has 0 saturated carbocycles. The van der Waals surface area contributed by atoms with Crippen molar-refractivity contribution in [1.82, 2.24) is 4.90 Å². The number of piperidine rings is 1. The summed E-state index contributed by atoms with van der Waals surface area (Å²) in [6.07, 6.45) is 7.00. The van der Waals surface area contributed by atoms with E-state index in [1.807, 2.05) is 29.2 Å². The smallest absolute Gasteiger partial charge is 0.254 e. The number of fused-ring (bicyclic) bond motifs is 1. The van der Waals surface area contributed by atoms with Gasteiger partial charge in [0.25, 0.3) is 5.91 Å². The van der Waals surface area contributed by atoms with E-state index in [0.717, 1.165) is 19.3 Å². The standard InChI is InChI=1S/C23H27N5O3/c1-23(30)26-18-9-4-10-19(20(18)21(25)27-23)31-14-15-6-5-11-28(13-15)22(29)17-8-3-2-7-16(17)12-24/h3-4,8-10,15,26,30H,2,5-7,11,13-14H2,1H3,(H2,25,27)/t15-,23?/m0/s1. The summed E-state index contributed by atoms with van der Waals surface area (Å²) in [7, 11) is 0. The molecule has 3 aliphatic rings. The molecule has 0 aromatic heterocycles. The van der Waals surface area contributed by atoms with Crippen LogP contribution < -0.4 is 15.8 Å². The normalized spacial score (nSPS) is 25.3. The van der Waals surface area contributed by atoms with E-state index < -0.39 is 5.85 Å². The van der Waals surface area contributed by atoms with Crippen LogP contribution in [0.3, 0.4) is 0 Å². The Hall–Kier alpha value is -3.31. The highest BCUT2D eigenvalue weighted by Gasteiger charge is 2.30. The molecule has 8 heteroatoms. The fourth-order valence-corrected chi connectivity index (χ4v) is 4.34. The van der Waals surface area contributed by atoms with E-state index in [9.17, 15) is 15.2 Å². The van der Waals surface area contributed by atoms with Crippen LogP contribution in [0.2, 0.25) is 0 Å². The Morgan fingerprint density at radius 2 is 2.35 bits per heavy atom. The van der Waals surface area contributed by atoms with Gasteiger partial charge in [-0.3, -0.25) is 4.79 Å². The van der Waals surface area contributed by atoms with Gasteiger partial charge in [0.2, 0.25) is 5.85 Å². The van der Waals surface area contributed by atoms with Crippen LogP contribution in [0, 0.1) is 17.2 Å². The van der Waals surface area contributed by atoms with Crippen LogP contribution in [-0.2, 0) is 4.79 Å². The Kier molecular flexibility index (Phi) is 5.70. The van der Waals surface area contributed by atoms with Gasteiger partial charge in [-0.1, -0.05) is 18.2 Å². The highest BCUT2D eigenvalue weighted by atomic mass is 16.5. The summed E-state index contributed by atoms with van der Waals surface area (Å²) >= 11 is 0. The monoisotopic (exact) mass is 421 g/mol. The number of amides is 1. The molecule has 162 valence electrons. The lowest BCUT2D eigenvalue weighted by Gasteiger charge is -2.34. The molecule has 1 amide bonds. The van der Waals surface area contributed by atoms with Gasteiger partial charge >= 0.3 is 0 Å². The summed E-state index contributed by atoms with van der Waals surface area (Å²) < 4.78 is 6.10. The minimum Gasteiger partial charge on any atom is -0.492 e. The molecule has 1 saturated heterocycles. The molecule has 2 atom stereocenters. The average molecular weight is 422 g/mol. The maximum absolute atomic E-state index is 13.0. The van der Waals surface area contributed by atoms with Crippen molar-refractivity contribution in [3.05, 3.63) is 47.1 Å². The number of nitrogens with one attached hydrogen (secondary N) is 1. The lowest BCUT2D eigenvalue weighted by molar-refractivity contribution is -0.128. The number of aliphatic imine (C=N–C) groups is 1. The first kappa shape index (κ1) is 20.9. The number of hydrogen-bond donors (Lipinski definition) is 3. The summed E-state index contributed by atoms with van der Waals surface area (Å²) in [4.78, 5) is 18.9. The van der Waals surface area contributed by atoms with Gasteiger partial charge in [0.05, 0.1) is 29.5 Å². The van der Waals surface area contributed by atoms with Gasteiger partial charge < -0.3 is 25.8 Å². The lowest BCUT2D eigenvalue weighted by Crippen LogP contribution is -2.42. The van der Waals surface area contributed by atoms with Gasteiger partial charge in [0, 0.05) is 31.5 Å². The number of benzene rings is 1. The van der Waals surface area contributed by atoms with E-state index in [2.05, 4.69) is 16.4 Å². The van der Waals surface area contributed by atoms with Crippen molar-refractivity contribution in [2.75, 3.05) is 25.0 Å². The third kappa shape index (κ3) is 4.42. The molecule has 31 heavy (non-hydrogen) atoms. The van der Waals surface area contributed by atoms with Crippen LogP contribution in [0.15, 0.2) is 46.5 Å². The first-order valence-corrected chi connectivity index (χ1v) is 10.6. The number of likely N-dealkylation sites (tertiary alicyclic amines) is 1. The zero-order chi connectivity index (χ0) is 22.0.